The third-order valence-electron chi connectivity index (χ3n) is 6.61. The predicted molar refractivity (Wildman–Crippen MR) is 118 cm³/mol. The van der Waals surface area contributed by atoms with Crippen LogP contribution in [0.2, 0.25) is 0 Å². The van der Waals surface area contributed by atoms with Crippen LogP contribution in [-0.2, 0) is 20.4 Å². The molecule has 6 nitrogen and oxygen atoms in total. The predicted octanol–water partition coefficient (Wildman–Crippen LogP) is 3.94. The lowest BCUT2D eigenvalue weighted by Gasteiger charge is -2.45. The number of nitrogens with zero attached hydrogens (tertiary/aromatic N) is 3. The first kappa shape index (κ1) is 25.3. The van der Waals surface area contributed by atoms with Gasteiger partial charge in [-0.2, -0.15) is 18.4 Å². The van der Waals surface area contributed by atoms with Crippen LogP contribution in [0.4, 0.5) is 18.9 Å². The Bertz CT molecular complexity index is 907. The van der Waals surface area contributed by atoms with Gasteiger partial charge in [-0.15, -0.1) is 0 Å². The number of hydrogen-bond acceptors (Lipinski definition) is 5. The SMILES string of the molecule is COCCOC[C@@]12CN(C(=O)C(C)(C)C)CC[C@@H]1CN(c1ccc(C#N)c(C(F)(F)F)c1)C2. The van der Waals surface area contributed by atoms with E-state index in [1.165, 1.54) is 6.07 Å². The lowest BCUT2D eigenvalue weighted by atomic mass is 9.73. The first-order valence-electron chi connectivity index (χ1n) is 11.1. The highest BCUT2D eigenvalue weighted by atomic mass is 19.4. The summed E-state index contributed by atoms with van der Waals surface area (Å²) in [6.07, 6.45) is -3.85. The van der Waals surface area contributed by atoms with Gasteiger partial charge in [0.2, 0.25) is 5.91 Å². The quantitative estimate of drug-likeness (QED) is 0.593. The monoisotopic (exact) mass is 467 g/mol. The topological polar surface area (TPSA) is 65.8 Å². The molecule has 182 valence electrons. The minimum absolute atomic E-state index is 0.0633. The molecule has 2 saturated heterocycles. The standard InChI is InChI=1S/C24H32F3N3O3/c1-22(2,3)21(31)29-8-7-18-13-30(15-23(18,14-29)16-33-10-9-32-4)19-6-5-17(12-28)20(11-19)24(25,26)27/h5-6,11,18H,7-10,13-16H2,1-4H3/t18-,23+/m1/s1. The van der Waals surface area contributed by atoms with Crippen LogP contribution in [0, 0.1) is 28.1 Å². The van der Waals surface area contributed by atoms with Crippen LogP contribution < -0.4 is 4.90 Å². The Morgan fingerprint density at radius 2 is 1.97 bits per heavy atom. The number of halogens is 3. The lowest BCUT2D eigenvalue weighted by molar-refractivity contribution is -0.145. The van der Waals surface area contributed by atoms with Gasteiger partial charge in [0.15, 0.2) is 0 Å². The van der Waals surface area contributed by atoms with Crippen molar-refractivity contribution in [2.24, 2.45) is 16.7 Å². The normalized spacial score (nSPS) is 23.4. The summed E-state index contributed by atoms with van der Waals surface area (Å²) >= 11 is 0. The largest absolute Gasteiger partial charge is 0.417 e. The molecule has 1 aromatic rings. The van der Waals surface area contributed by atoms with E-state index in [0.29, 0.717) is 51.7 Å². The number of ether oxygens (including phenoxy) is 2. The summed E-state index contributed by atoms with van der Waals surface area (Å²) in [6, 6.07) is 5.50. The van der Waals surface area contributed by atoms with Gasteiger partial charge in [0.05, 0.1) is 37.0 Å². The zero-order valence-electron chi connectivity index (χ0n) is 19.7. The maximum Gasteiger partial charge on any atom is 0.417 e. The fourth-order valence-corrected chi connectivity index (χ4v) is 4.91. The van der Waals surface area contributed by atoms with Gasteiger partial charge in [-0.25, -0.2) is 0 Å². The molecule has 0 bridgehead atoms. The first-order chi connectivity index (χ1) is 15.4. The molecular formula is C24H32F3N3O3. The Balaban J connectivity index is 1.89. The van der Waals surface area contributed by atoms with Crippen molar-refractivity contribution in [3.05, 3.63) is 29.3 Å². The fraction of sp³-hybridized carbons (Fsp3) is 0.667. The maximum atomic E-state index is 13.5. The van der Waals surface area contributed by atoms with Crippen LogP contribution in [0.3, 0.4) is 0 Å². The van der Waals surface area contributed by atoms with Crippen molar-refractivity contribution in [3.8, 4) is 6.07 Å². The van der Waals surface area contributed by atoms with E-state index in [1.807, 2.05) is 30.6 Å². The molecule has 33 heavy (non-hydrogen) atoms. The molecule has 3 rings (SSSR count). The van der Waals surface area contributed by atoms with Crippen molar-refractivity contribution >= 4 is 11.6 Å². The van der Waals surface area contributed by atoms with Crippen LogP contribution >= 0.6 is 0 Å². The van der Waals surface area contributed by atoms with Gasteiger partial charge in [-0.05, 0) is 30.5 Å². The lowest BCUT2D eigenvalue weighted by Crippen LogP contribution is -2.55. The number of likely N-dealkylation sites (tertiary alicyclic amines) is 1. The highest BCUT2D eigenvalue weighted by Gasteiger charge is 2.51. The third-order valence-corrected chi connectivity index (χ3v) is 6.61. The number of benzene rings is 1. The molecule has 2 fully saturated rings. The molecule has 0 unspecified atom stereocenters. The Hall–Kier alpha value is -2.31. The van der Waals surface area contributed by atoms with Gasteiger partial charge in [0, 0.05) is 49.8 Å². The van der Waals surface area contributed by atoms with Gasteiger partial charge < -0.3 is 19.3 Å². The van der Waals surface area contributed by atoms with Crippen molar-refractivity contribution < 1.29 is 27.4 Å². The summed E-state index contributed by atoms with van der Waals surface area (Å²) in [5.41, 5.74) is -1.78. The highest BCUT2D eigenvalue weighted by Crippen LogP contribution is 2.45. The summed E-state index contributed by atoms with van der Waals surface area (Å²) in [5.74, 6) is 0.238. The van der Waals surface area contributed by atoms with Crippen molar-refractivity contribution in [3.63, 3.8) is 0 Å². The van der Waals surface area contributed by atoms with Crippen LogP contribution in [0.1, 0.15) is 38.3 Å². The second kappa shape index (κ2) is 9.51. The van der Waals surface area contributed by atoms with Crippen molar-refractivity contribution in [2.75, 3.05) is 58.0 Å². The summed E-state index contributed by atoms with van der Waals surface area (Å²) in [5, 5.41) is 9.11. The van der Waals surface area contributed by atoms with Crippen LogP contribution in [0.15, 0.2) is 18.2 Å². The number of anilines is 1. The average Bonchev–Trinajstić information content (AvgIpc) is 3.13. The van der Waals surface area contributed by atoms with E-state index in [2.05, 4.69) is 0 Å². The van der Waals surface area contributed by atoms with Crippen molar-refractivity contribution in [2.45, 2.75) is 33.4 Å². The molecule has 0 radical (unpaired) electrons. The maximum absolute atomic E-state index is 13.5. The van der Waals surface area contributed by atoms with E-state index in [0.717, 1.165) is 12.5 Å². The molecule has 0 spiro atoms. The molecule has 2 atom stereocenters. The van der Waals surface area contributed by atoms with E-state index < -0.39 is 17.2 Å². The Labute approximate surface area is 193 Å². The second-order valence-electron chi connectivity index (χ2n) is 10.1. The van der Waals surface area contributed by atoms with Gasteiger partial charge in [0.25, 0.3) is 0 Å². The van der Waals surface area contributed by atoms with Crippen molar-refractivity contribution in [1.29, 1.82) is 5.26 Å². The van der Waals surface area contributed by atoms with E-state index in [-0.39, 0.29) is 22.8 Å². The molecule has 2 aliphatic rings. The van der Waals surface area contributed by atoms with Gasteiger partial charge in [0.1, 0.15) is 0 Å². The van der Waals surface area contributed by atoms with E-state index in [9.17, 15) is 18.0 Å². The molecule has 0 aromatic heterocycles. The molecule has 2 heterocycles. The molecular weight excluding hydrogens is 435 g/mol. The van der Waals surface area contributed by atoms with Crippen LogP contribution in [0.25, 0.3) is 0 Å². The van der Waals surface area contributed by atoms with Crippen molar-refractivity contribution in [1.82, 2.24) is 4.90 Å². The number of hydrogen-bond donors (Lipinski definition) is 0. The number of fused-ring (bicyclic) bond motifs is 1. The minimum Gasteiger partial charge on any atom is -0.382 e. The Morgan fingerprint density at radius 1 is 1.24 bits per heavy atom. The second-order valence-corrected chi connectivity index (χ2v) is 10.1. The minimum atomic E-state index is -4.61. The summed E-state index contributed by atoms with van der Waals surface area (Å²) < 4.78 is 51.5. The number of rotatable bonds is 6. The molecule has 2 aliphatic heterocycles. The fourth-order valence-electron chi connectivity index (χ4n) is 4.91. The van der Waals surface area contributed by atoms with Gasteiger partial charge in [-0.1, -0.05) is 20.8 Å². The number of methoxy groups -OCH3 is 1. The molecule has 1 amide bonds. The van der Waals surface area contributed by atoms with E-state index >= 15 is 0 Å². The Kier molecular flexibility index (Phi) is 7.30. The van der Waals surface area contributed by atoms with E-state index in [4.69, 9.17) is 14.7 Å². The number of piperidine rings is 1. The number of amides is 1. The van der Waals surface area contributed by atoms with E-state index in [1.54, 1.807) is 19.2 Å². The molecule has 0 N–H and O–H groups in total. The zero-order chi connectivity index (χ0) is 24.4. The summed E-state index contributed by atoms with van der Waals surface area (Å²) in [4.78, 5) is 16.8. The number of nitriles is 1. The first-order valence-corrected chi connectivity index (χ1v) is 11.1. The van der Waals surface area contributed by atoms with Gasteiger partial charge in [-0.3, -0.25) is 4.79 Å². The highest BCUT2D eigenvalue weighted by molar-refractivity contribution is 5.81. The number of carbonyl (C=O) groups excluding carboxylic acids is 1. The average molecular weight is 468 g/mol. The van der Waals surface area contributed by atoms with Gasteiger partial charge >= 0.3 is 6.18 Å². The number of alkyl halides is 3. The smallest absolute Gasteiger partial charge is 0.382 e. The molecule has 0 saturated carbocycles. The third kappa shape index (κ3) is 5.44. The Morgan fingerprint density at radius 3 is 2.58 bits per heavy atom. The summed E-state index contributed by atoms with van der Waals surface area (Å²) in [7, 11) is 1.59. The number of carbonyl (C=O) groups is 1. The molecule has 9 heteroatoms. The molecule has 0 aliphatic carbocycles. The van der Waals surface area contributed by atoms with Crippen LogP contribution in [-0.4, -0.2) is 63.9 Å². The zero-order valence-corrected chi connectivity index (χ0v) is 19.7. The summed E-state index contributed by atoms with van der Waals surface area (Å²) in [6.45, 7) is 9.09. The molecule has 1 aromatic carbocycles. The van der Waals surface area contributed by atoms with Crippen LogP contribution in [0.5, 0.6) is 0 Å².